The molecule has 206 valence electrons. The fraction of sp³-hybridized carbons (Fsp3) is 0.625. The van der Waals surface area contributed by atoms with Gasteiger partial charge >= 0.3 is 0 Å². The van der Waals surface area contributed by atoms with Crippen LogP contribution < -0.4 is 9.47 Å². The van der Waals surface area contributed by atoms with E-state index >= 15 is 0 Å². The molecule has 0 aromatic heterocycles. The van der Waals surface area contributed by atoms with E-state index < -0.39 is 0 Å². The normalized spacial score (nSPS) is 19.0. The Morgan fingerprint density at radius 2 is 1.22 bits per heavy atom. The molecule has 1 saturated carbocycles. The lowest BCUT2D eigenvalue weighted by Gasteiger charge is -2.22. The molecule has 1 aliphatic carbocycles. The Balaban J connectivity index is 0.000000206. The van der Waals surface area contributed by atoms with Gasteiger partial charge in [0.25, 0.3) is 0 Å². The molecular weight excluding hydrogens is 468 g/mol. The van der Waals surface area contributed by atoms with Crippen molar-refractivity contribution in [2.24, 2.45) is 5.92 Å². The molecule has 0 spiro atoms. The summed E-state index contributed by atoms with van der Waals surface area (Å²) in [6, 6.07) is 10.8. The van der Waals surface area contributed by atoms with E-state index in [4.69, 9.17) is 9.47 Å². The highest BCUT2D eigenvalue weighted by Gasteiger charge is 2.23. The third-order valence-corrected chi connectivity index (χ3v) is 7.65. The van der Waals surface area contributed by atoms with Crippen LogP contribution in [-0.2, 0) is 10.8 Å². The highest BCUT2D eigenvalue weighted by Crippen LogP contribution is 2.31. The van der Waals surface area contributed by atoms with E-state index in [1.54, 1.807) is 0 Å². The van der Waals surface area contributed by atoms with Crippen molar-refractivity contribution in [1.29, 1.82) is 0 Å². The average molecular weight is 516 g/mol. The molecule has 3 nitrogen and oxygen atoms in total. The zero-order chi connectivity index (χ0) is 27.2. The number of hydrogen-bond acceptors (Lipinski definition) is 3. The molecule has 0 amide bonds. The SMILES string of the molecule is CC(C)(C)c1ccc(F)c(OCC2CCCC2)c1.CN1CCC[C@H]1COc1cc(C(C)(C)C)ccc1F. The third-order valence-electron chi connectivity index (χ3n) is 7.65. The van der Waals surface area contributed by atoms with Crippen LogP contribution in [0.2, 0.25) is 0 Å². The molecule has 0 N–H and O–H groups in total. The highest BCUT2D eigenvalue weighted by atomic mass is 19.1. The molecule has 2 fully saturated rings. The van der Waals surface area contributed by atoms with E-state index in [1.807, 2.05) is 24.3 Å². The van der Waals surface area contributed by atoms with Gasteiger partial charge in [0.05, 0.1) is 6.61 Å². The second kappa shape index (κ2) is 12.6. The van der Waals surface area contributed by atoms with Crippen molar-refractivity contribution >= 4 is 0 Å². The monoisotopic (exact) mass is 515 g/mol. The van der Waals surface area contributed by atoms with Gasteiger partial charge in [-0.2, -0.15) is 0 Å². The van der Waals surface area contributed by atoms with Crippen molar-refractivity contribution in [3.05, 3.63) is 59.2 Å². The summed E-state index contributed by atoms with van der Waals surface area (Å²) in [5.41, 5.74) is 2.25. The predicted octanol–water partition coefficient (Wildman–Crippen LogP) is 8.29. The molecule has 0 bridgehead atoms. The first-order valence-corrected chi connectivity index (χ1v) is 13.9. The maximum absolute atomic E-state index is 13.8. The number of ether oxygens (including phenoxy) is 2. The fourth-order valence-electron chi connectivity index (χ4n) is 4.92. The minimum absolute atomic E-state index is 0.00988. The summed E-state index contributed by atoms with van der Waals surface area (Å²) in [5, 5.41) is 0. The van der Waals surface area contributed by atoms with Crippen molar-refractivity contribution in [2.45, 2.75) is 96.9 Å². The zero-order valence-corrected chi connectivity index (χ0v) is 24.0. The van der Waals surface area contributed by atoms with Crippen LogP contribution in [0.5, 0.6) is 11.5 Å². The maximum Gasteiger partial charge on any atom is 0.165 e. The number of hydrogen-bond donors (Lipinski definition) is 0. The van der Waals surface area contributed by atoms with Gasteiger partial charge in [-0.3, -0.25) is 0 Å². The van der Waals surface area contributed by atoms with Crippen LogP contribution in [-0.4, -0.2) is 37.7 Å². The highest BCUT2D eigenvalue weighted by molar-refractivity contribution is 5.35. The van der Waals surface area contributed by atoms with E-state index in [1.165, 1.54) is 44.2 Å². The molecule has 2 aromatic carbocycles. The maximum atomic E-state index is 13.8. The average Bonchev–Trinajstić information content (AvgIpc) is 3.48. The van der Waals surface area contributed by atoms with Crippen molar-refractivity contribution in [1.82, 2.24) is 4.90 Å². The number of likely N-dealkylation sites (tertiary alicyclic amines) is 1. The molecule has 1 aliphatic heterocycles. The Bertz CT molecular complexity index is 1000. The van der Waals surface area contributed by atoms with Crippen molar-refractivity contribution in [3.63, 3.8) is 0 Å². The standard InChI is InChI=1S/C16H24FNO.C16H23FO/c1-16(2,3)12-7-8-14(17)15(10-12)19-11-13-6-5-9-18(13)4;1-16(2,3)13-8-9-14(17)15(10-13)18-11-12-6-4-5-7-12/h7-8,10,13H,5-6,9,11H2,1-4H3;8-10,12H,4-7,11H2,1-3H3/t13-;/m0./s1. The smallest absolute Gasteiger partial charge is 0.165 e. The van der Waals surface area contributed by atoms with Crippen LogP contribution in [0.4, 0.5) is 8.78 Å². The van der Waals surface area contributed by atoms with E-state index in [9.17, 15) is 8.78 Å². The summed E-state index contributed by atoms with van der Waals surface area (Å²) in [5.74, 6) is 0.888. The van der Waals surface area contributed by atoms with Gasteiger partial charge in [-0.25, -0.2) is 8.78 Å². The van der Waals surface area contributed by atoms with Gasteiger partial charge in [-0.1, -0.05) is 66.5 Å². The largest absolute Gasteiger partial charge is 0.490 e. The Morgan fingerprint density at radius 1 is 0.730 bits per heavy atom. The van der Waals surface area contributed by atoms with E-state index in [0.29, 0.717) is 36.7 Å². The first-order valence-electron chi connectivity index (χ1n) is 13.9. The van der Waals surface area contributed by atoms with Crippen molar-refractivity contribution < 1.29 is 18.3 Å². The van der Waals surface area contributed by atoms with Crippen LogP contribution in [0, 0.1) is 17.6 Å². The number of nitrogens with zero attached hydrogens (tertiary/aromatic N) is 1. The molecule has 2 aliphatic rings. The Kier molecular flexibility index (Phi) is 10.0. The molecule has 0 radical (unpaired) electrons. The van der Waals surface area contributed by atoms with E-state index in [2.05, 4.69) is 53.5 Å². The molecular formula is C32H47F2NO2. The number of rotatable bonds is 6. The van der Waals surface area contributed by atoms with Gasteiger partial charge in [0, 0.05) is 6.04 Å². The molecule has 1 heterocycles. The second-order valence-corrected chi connectivity index (χ2v) is 12.8. The lowest BCUT2D eigenvalue weighted by molar-refractivity contribution is 0.192. The minimum atomic E-state index is -0.270. The van der Waals surface area contributed by atoms with Crippen molar-refractivity contribution in [3.8, 4) is 11.5 Å². The summed E-state index contributed by atoms with van der Waals surface area (Å²) in [6.45, 7) is 15.1. The van der Waals surface area contributed by atoms with Crippen LogP contribution in [0.1, 0.15) is 91.2 Å². The van der Waals surface area contributed by atoms with Crippen LogP contribution >= 0.6 is 0 Å². The first-order chi connectivity index (χ1) is 17.3. The van der Waals surface area contributed by atoms with E-state index in [0.717, 1.165) is 24.1 Å². The topological polar surface area (TPSA) is 21.7 Å². The molecule has 2 aromatic rings. The molecule has 37 heavy (non-hydrogen) atoms. The van der Waals surface area contributed by atoms with Gasteiger partial charge in [0.1, 0.15) is 6.61 Å². The van der Waals surface area contributed by atoms with E-state index in [-0.39, 0.29) is 22.5 Å². The molecule has 1 saturated heterocycles. The van der Waals surface area contributed by atoms with Gasteiger partial charge in [0.2, 0.25) is 0 Å². The molecule has 0 unspecified atom stereocenters. The van der Waals surface area contributed by atoms with Crippen molar-refractivity contribution in [2.75, 3.05) is 26.8 Å². The summed E-state index contributed by atoms with van der Waals surface area (Å²) in [7, 11) is 2.10. The van der Waals surface area contributed by atoms with Gasteiger partial charge in [-0.05, 0) is 91.4 Å². The zero-order valence-electron chi connectivity index (χ0n) is 24.0. The number of benzene rings is 2. The van der Waals surface area contributed by atoms with Gasteiger partial charge < -0.3 is 14.4 Å². The van der Waals surface area contributed by atoms with Gasteiger partial charge in [-0.15, -0.1) is 0 Å². The molecule has 5 heteroatoms. The second-order valence-electron chi connectivity index (χ2n) is 12.8. The third kappa shape index (κ3) is 8.70. The molecule has 4 rings (SSSR count). The Morgan fingerprint density at radius 3 is 1.65 bits per heavy atom. The fourth-order valence-corrected chi connectivity index (χ4v) is 4.92. The lowest BCUT2D eigenvalue weighted by atomic mass is 9.87. The first kappa shape index (κ1) is 29.4. The summed E-state index contributed by atoms with van der Waals surface area (Å²) >= 11 is 0. The van der Waals surface area contributed by atoms with Crippen LogP contribution in [0.15, 0.2) is 36.4 Å². The predicted molar refractivity (Wildman–Crippen MR) is 149 cm³/mol. The Labute approximate surface area is 223 Å². The minimum Gasteiger partial charge on any atom is -0.490 e. The van der Waals surface area contributed by atoms with Crippen LogP contribution in [0.25, 0.3) is 0 Å². The number of halogens is 2. The number of likely N-dealkylation sites (N-methyl/N-ethyl adjacent to an activating group) is 1. The molecule has 1 atom stereocenters. The summed E-state index contributed by atoms with van der Waals surface area (Å²) in [6.07, 6.45) is 7.37. The summed E-state index contributed by atoms with van der Waals surface area (Å²) < 4.78 is 38.9. The lowest BCUT2D eigenvalue weighted by Crippen LogP contribution is -2.30. The summed E-state index contributed by atoms with van der Waals surface area (Å²) in [4.78, 5) is 2.28. The van der Waals surface area contributed by atoms with Gasteiger partial charge in [0.15, 0.2) is 23.1 Å². The quantitative estimate of drug-likeness (QED) is 0.386. The van der Waals surface area contributed by atoms with Crippen LogP contribution in [0.3, 0.4) is 0 Å². The Hall–Kier alpha value is -2.14.